The first kappa shape index (κ1) is 21.8. The topological polar surface area (TPSA) is 58.6 Å². The number of nitrogens with one attached hydrogen (secondary N) is 1. The van der Waals surface area contributed by atoms with Crippen molar-refractivity contribution in [3.8, 4) is 5.75 Å². The largest absolute Gasteiger partial charge is 0.484 e. The Balaban J connectivity index is 2.10. The highest BCUT2D eigenvalue weighted by Crippen LogP contribution is 2.21. The van der Waals surface area contributed by atoms with Gasteiger partial charge in [-0.15, -0.1) is 0 Å². The van der Waals surface area contributed by atoms with E-state index in [0.29, 0.717) is 30.2 Å². The van der Waals surface area contributed by atoms with Gasteiger partial charge in [-0.05, 0) is 49.1 Å². The highest BCUT2D eigenvalue weighted by Gasteiger charge is 2.27. The lowest BCUT2D eigenvalue weighted by molar-refractivity contribution is -0.142. The number of nitrogens with zero attached hydrogens (tertiary/aromatic N) is 1. The first-order chi connectivity index (χ1) is 13.5. The number of rotatable bonds is 9. The molecule has 0 heterocycles. The summed E-state index contributed by atoms with van der Waals surface area (Å²) >= 11 is 6.03. The molecule has 0 saturated carbocycles. The van der Waals surface area contributed by atoms with Gasteiger partial charge in [0.25, 0.3) is 5.91 Å². The number of hydrogen-bond donors (Lipinski definition) is 1. The molecule has 1 N–H and O–H groups in total. The molecule has 0 radical (unpaired) electrons. The number of likely N-dealkylation sites (N-methyl/N-ethyl adjacent to an activating group) is 1. The van der Waals surface area contributed by atoms with Gasteiger partial charge in [0.2, 0.25) is 5.91 Å². The van der Waals surface area contributed by atoms with Crippen LogP contribution in [0.15, 0.2) is 48.5 Å². The number of hydrogen-bond acceptors (Lipinski definition) is 3. The Morgan fingerprint density at radius 1 is 1.18 bits per heavy atom. The average Bonchev–Trinajstić information content (AvgIpc) is 2.72. The van der Waals surface area contributed by atoms with E-state index >= 15 is 0 Å². The van der Waals surface area contributed by atoms with Gasteiger partial charge in [0.05, 0.1) is 0 Å². The molecule has 28 heavy (non-hydrogen) atoms. The Morgan fingerprint density at radius 2 is 1.89 bits per heavy atom. The molecule has 0 aliphatic carbocycles. The van der Waals surface area contributed by atoms with Gasteiger partial charge in [0.1, 0.15) is 11.8 Å². The van der Waals surface area contributed by atoms with Crippen molar-refractivity contribution in [2.24, 2.45) is 0 Å². The number of halogens is 1. The van der Waals surface area contributed by atoms with Gasteiger partial charge in [-0.3, -0.25) is 9.59 Å². The van der Waals surface area contributed by atoms with Crippen LogP contribution in [-0.4, -0.2) is 43.0 Å². The van der Waals surface area contributed by atoms with E-state index in [9.17, 15) is 9.59 Å². The number of amides is 2. The number of carbonyl (C=O) groups is 2. The van der Waals surface area contributed by atoms with E-state index in [2.05, 4.69) is 5.32 Å². The Bertz CT molecular complexity index is 796. The molecule has 1 atom stereocenters. The van der Waals surface area contributed by atoms with Crippen LogP contribution >= 0.6 is 11.6 Å². The molecule has 2 amide bonds. The van der Waals surface area contributed by atoms with Crippen molar-refractivity contribution in [1.82, 2.24) is 10.2 Å². The summed E-state index contributed by atoms with van der Waals surface area (Å²) in [5, 5.41) is 3.30. The maximum absolute atomic E-state index is 12.9. The normalized spacial score (nSPS) is 11.6. The zero-order valence-corrected chi connectivity index (χ0v) is 17.3. The molecule has 0 fully saturated rings. The lowest BCUT2D eigenvalue weighted by Gasteiger charge is -2.30. The number of carbonyl (C=O) groups excluding carboxylic acids is 2. The second-order valence-electron chi connectivity index (χ2n) is 6.56. The van der Waals surface area contributed by atoms with Crippen LogP contribution in [0.4, 0.5) is 0 Å². The molecule has 1 unspecified atom stereocenters. The number of aryl methyl sites for hydroxylation is 1. The molecule has 2 aromatic rings. The fraction of sp³-hybridized carbons (Fsp3) is 0.364. The third-order valence-corrected chi connectivity index (χ3v) is 5.03. The standard InChI is InChI=1S/C22H27ClN2O3/c1-4-20(22(27)24-3)25(13-12-17-8-6-5-7-9-17)21(26)15-28-18-10-11-19(23)16(2)14-18/h5-11,14,20H,4,12-13,15H2,1-3H3,(H,24,27). The lowest BCUT2D eigenvalue weighted by Crippen LogP contribution is -2.50. The summed E-state index contributed by atoms with van der Waals surface area (Å²) in [7, 11) is 1.58. The van der Waals surface area contributed by atoms with Crippen molar-refractivity contribution in [2.45, 2.75) is 32.7 Å². The van der Waals surface area contributed by atoms with Crippen LogP contribution in [0, 0.1) is 6.92 Å². The second kappa shape index (κ2) is 10.7. The van der Waals surface area contributed by atoms with Gasteiger partial charge in [-0.1, -0.05) is 48.9 Å². The summed E-state index contributed by atoms with van der Waals surface area (Å²) in [6.07, 6.45) is 1.19. The van der Waals surface area contributed by atoms with Crippen LogP contribution in [0.3, 0.4) is 0 Å². The predicted octanol–water partition coefficient (Wildman–Crippen LogP) is 3.62. The molecular formula is C22H27ClN2O3. The zero-order valence-electron chi connectivity index (χ0n) is 16.6. The third kappa shape index (κ3) is 5.99. The van der Waals surface area contributed by atoms with Crippen LogP contribution in [0.1, 0.15) is 24.5 Å². The highest BCUT2D eigenvalue weighted by atomic mass is 35.5. The van der Waals surface area contributed by atoms with Crippen molar-refractivity contribution < 1.29 is 14.3 Å². The van der Waals surface area contributed by atoms with E-state index in [1.807, 2.05) is 44.2 Å². The Hall–Kier alpha value is -2.53. The Kier molecular flexibility index (Phi) is 8.33. The molecule has 0 bridgehead atoms. The molecule has 0 aliphatic rings. The summed E-state index contributed by atoms with van der Waals surface area (Å²) in [5.74, 6) is 0.177. The van der Waals surface area contributed by atoms with Crippen LogP contribution in [-0.2, 0) is 16.0 Å². The monoisotopic (exact) mass is 402 g/mol. The molecule has 2 rings (SSSR count). The average molecular weight is 403 g/mol. The van der Waals surface area contributed by atoms with Crippen molar-refractivity contribution >= 4 is 23.4 Å². The van der Waals surface area contributed by atoms with Crippen LogP contribution in [0.2, 0.25) is 5.02 Å². The van der Waals surface area contributed by atoms with E-state index in [4.69, 9.17) is 16.3 Å². The quantitative estimate of drug-likeness (QED) is 0.696. The smallest absolute Gasteiger partial charge is 0.261 e. The van der Waals surface area contributed by atoms with Gasteiger partial charge in [-0.25, -0.2) is 0 Å². The molecular weight excluding hydrogens is 376 g/mol. The molecule has 0 spiro atoms. The van der Waals surface area contributed by atoms with Crippen molar-refractivity contribution in [3.05, 3.63) is 64.7 Å². The van der Waals surface area contributed by atoms with E-state index in [1.165, 1.54) is 0 Å². The molecule has 0 aliphatic heterocycles. The Labute approximate surface area is 171 Å². The molecule has 0 aromatic heterocycles. The summed E-state index contributed by atoms with van der Waals surface area (Å²) in [4.78, 5) is 26.8. The first-order valence-electron chi connectivity index (χ1n) is 9.40. The number of ether oxygens (including phenoxy) is 1. The third-order valence-electron chi connectivity index (χ3n) is 4.61. The van der Waals surface area contributed by atoms with Crippen LogP contribution in [0.5, 0.6) is 5.75 Å². The van der Waals surface area contributed by atoms with Crippen LogP contribution < -0.4 is 10.1 Å². The maximum Gasteiger partial charge on any atom is 0.261 e. The van der Waals surface area contributed by atoms with Gasteiger partial charge in [0.15, 0.2) is 6.61 Å². The fourth-order valence-corrected chi connectivity index (χ4v) is 3.12. The second-order valence-corrected chi connectivity index (χ2v) is 6.97. The van der Waals surface area contributed by atoms with E-state index in [1.54, 1.807) is 30.1 Å². The predicted molar refractivity (Wildman–Crippen MR) is 112 cm³/mol. The van der Waals surface area contributed by atoms with Gasteiger partial charge in [-0.2, -0.15) is 0 Å². The first-order valence-corrected chi connectivity index (χ1v) is 9.78. The van der Waals surface area contributed by atoms with Gasteiger partial charge < -0.3 is 15.0 Å². The molecule has 0 saturated heterocycles. The molecule has 2 aromatic carbocycles. The Morgan fingerprint density at radius 3 is 2.50 bits per heavy atom. The molecule has 150 valence electrons. The summed E-state index contributed by atoms with van der Waals surface area (Å²) < 4.78 is 5.66. The lowest BCUT2D eigenvalue weighted by atomic mass is 10.1. The molecule has 6 heteroatoms. The van der Waals surface area contributed by atoms with Crippen molar-refractivity contribution in [1.29, 1.82) is 0 Å². The summed E-state index contributed by atoms with van der Waals surface area (Å²) in [6.45, 7) is 4.08. The van der Waals surface area contributed by atoms with Crippen LogP contribution in [0.25, 0.3) is 0 Å². The minimum Gasteiger partial charge on any atom is -0.484 e. The number of benzene rings is 2. The fourth-order valence-electron chi connectivity index (χ4n) is 3.00. The van der Waals surface area contributed by atoms with Gasteiger partial charge >= 0.3 is 0 Å². The van der Waals surface area contributed by atoms with E-state index < -0.39 is 6.04 Å². The summed E-state index contributed by atoms with van der Waals surface area (Å²) in [6, 6.07) is 14.6. The van der Waals surface area contributed by atoms with E-state index in [0.717, 1.165) is 11.1 Å². The highest BCUT2D eigenvalue weighted by molar-refractivity contribution is 6.31. The minimum atomic E-state index is -0.531. The zero-order chi connectivity index (χ0) is 20.5. The maximum atomic E-state index is 12.9. The SMILES string of the molecule is CCC(C(=O)NC)N(CCc1ccccc1)C(=O)COc1ccc(Cl)c(C)c1. The minimum absolute atomic E-state index is 0.136. The van der Waals surface area contributed by atoms with Crippen molar-refractivity contribution in [2.75, 3.05) is 20.2 Å². The summed E-state index contributed by atoms with van der Waals surface area (Å²) in [5.41, 5.74) is 1.99. The van der Waals surface area contributed by atoms with E-state index in [-0.39, 0.29) is 18.4 Å². The van der Waals surface area contributed by atoms with Crippen molar-refractivity contribution in [3.63, 3.8) is 0 Å². The van der Waals surface area contributed by atoms with Gasteiger partial charge in [0, 0.05) is 18.6 Å². The molecule has 5 nitrogen and oxygen atoms in total.